The van der Waals surface area contributed by atoms with Crippen LogP contribution in [0.3, 0.4) is 0 Å². The Balaban J connectivity index is 1.71. The molecule has 0 heterocycles. The SMILES string of the molecule is CC(C(=O)NC1CCCC1)N(Cc1ccccc1)C(=O)CN(c1cccc(C(F)(F)F)c1)S(=O)(=O)c1ccccc1. The van der Waals surface area contributed by atoms with E-state index < -0.39 is 40.3 Å². The molecule has 11 heteroatoms. The van der Waals surface area contributed by atoms with Crippen LogP contribution >= 0.6 is 0 Å². The third-order valence-corrected chi connectivity index (χ3v) is 8.92. The molecule has 0 aliphatic heterocycles. The first-order valence-corrected chi connectivity index (χ1v) is 14.8. The second-order valence-electron chi connectivity index (χ2n) is 10.0. The largest absolute Gasteiger partial charge is 0.416 e. The number of anilines is 1. The number of carbonyl (C=O) groups is 2. The third kappa shape index (κ3) is 7.46. The van der Waals surface area contributed by atoms with Crippen molar-refractivity contribution in [3.63, 3.8) is 0 Å². The lowest BCUT2D eigenvalue weighted by molar-refractivity contribution is -0.139. The van der Waals surface area contributed by atoms with Crippen LogP contribution in [-0.4, -0.2) is 43.8 Å². The zero-order valence-corrected chi connectivity index (χ0v) is 23.4. The molecule has 1 saturated carbocycles. The molecule has 3 aromatic carbocycles. The summed E-state index contributed by atoms with van der Waals surface area (Å²) in [6.45, 7) is 0.749. The predicted molar refractivity (Wildman–Crippen MR) is 149 cm³/mol. The highest BCUT2D eigenvalue weighted by Crippen LogP contribution is 2.33. The van der Waals surface area contributed by atoms with Gasteiger partial charge in [0.1, 0.15) is 12.6 Å². The Morgan fingerprint density at radius 1 is 0.927 bits per heavy atom. The maximum atomic E-state index is 13.9. The van der Waals surface area contributed by atoms with Crippen LogP contribution < -0.4 is 9.62 Å². The van der Waals surface area contributed by atoms with E-state index in [1.807, 2.05) is 0 Å². The highest BCUT2D eigenvalue weighted by Gasteiger charge is 2.35. The zero-order chi connectivity index (χ0) is 29.6. The average Bonchev–Trinajstić information content (AvgIpc) is 3.47. The topological polar surface area (TPSA) is 86.8 Å². The number of halogens is 3. The molecule has 0 aromatic heterocycles. The van der Waals surface area contributed by atoms with Crippen LogP contribution in [0.15, 0.2) is 89.8 Å². The summed E-state index contributed by atoms with van der Waals surface area (Å²) in [6, 6.07) is 18.9. The fraction of sp³-hybridized carbons (Fsp3) is 0.333. The Morgan fingerprint density at radius 3 is 2.15 bits per heavy atom. The van der Waals surface area contributed by atoms with Gasteiger partial charge in [0.25, 0.3) is 10.0 Å². The molecular weight excluding hydrogens is 555 g/mol. The Hall–Kier alpha value is -3.86. The molecule has 1 atom stereocenters. The van der Waals surface area contributed by atoms with Crippen LogP contribution in [0.5, 0.6) is 0 Å². The van der Waals surface area contributed by atoms with Gasteiger partial charge in [-0.05, 0) is 55.7 Å². The second-order valence-corrected chi connectivity index (χ2v) is 11.9. The lowest BCUT2D eigenvalue weighted by Gasteiger charge is -2.32. The van der Waals surface area contributed by atoms with Gasteiger partial charge < -0.3 is 10.2 Å². The Kier molecular flexibility index (Phi) is 9.37. The lowest BCUT2D eigenvalue weighted by Crippen LogP contribution is -2.52. The van der Waals surface area contributed by atoms with Crippen molar-refractivity contribution < 1.29 is 31.2 Å². The van der Waals surface area contributed by atoms with E-state index in [1.165, 1.54) is 35.2 Å². The van der Waals surface area contributed by atoms with E-state index in [-0.39, 0.29) is 29.1 Å². The maximum Gasteiger partial charge on any atom is 0.416 e. The number of hydrogen-bond acceptors (Lipinski definition) is 4. The van der Waals surface area contributed by atoms with E-state index in [1.54, 1.807) is 43.3 Å². The summed E-state index contributed by atoms with van der Waals surface area (Å²) in [4.78, 5) is 28.2. The van der Waals surface area contributed by atoms with Gasteiger partial charge in [0.05, 0.1) is 16.1 Å². The molecule has 1 N–H and O–H groups in total. The van der Waals surface area contributed by atoms with Crippen molar-refractivity contribution in [2.45, 2.75) is 62.3 Å². The van der Waals surface area contributed by atoms with Crippen LogP contribution in [0, 0.1) is 0 Å². The molecule has 0 radical (unpaired) electrons. The van der Waals surface area contributed by atoms with Crippen molar-refractivity contribution in [2.24, 2.45) is 0 Å². The molecule has 0 spiro atoms. The van der Waals surface area contributed by atoms with Gasteiger partial charge >= 0.3 is 6.18 Å². The van der Waals surface area contributed by atoms with E-state index in [0.29, 0.717) is 15.9 Å². The molecule has 2 amide bonds. The molecule has 3 aromatic rings. The standard InChI is InChI=1S/C30H32F3N3O4S/c1-22(29(38)34-25-14-8-9-15-25)35(20-23-11-4-2-5-12-23)28(37)21-36(41(39,40)27-17-6-3-7-18-27)26-16-10-13-24(19-26)30(31,32)33/h2-7,10-13,16-19,22,25H,8-9,14-15,20-21H2,1H3,(H,34,38). The van der Waals surface area contributed by atoms with Crippen molar-refractivity contribution in [3.05, 3.63) is 96.1 Å². The Bertz CT molecular complexity index is 1440. The van der Waals surface area contributed by atoms with Crippen molar-refractivity contribution >= 4 is 27.5 Å². The van der Waals surface area contributed by atoms with Gasteiger partial charge in [-0.3, -0.25) is 13.9 Å². The normalized spacial score (nSPS) is 14.8. The molecule has 0 bridgehead atoms. The fourth-order valence-corrected chi connectivity index (χ4v) is 6.27. The van der Waals surface area contributed by atoms with Gasteiger partial charge in [0, 0.05) is 12.6 Å². The van der Waals surface area contributed by atoms with Crippen LogP contribution in [0.25, 0.3) is 0 Å². The fourth-order valence-electron chi connectivity index (χ4n) is 4.84. The summed E-state index contributed by atoms with van der Waals surface area (Å²) in [7, 11) is -4.46. The van der Waals surface area contributed by atoms with E-state index in [9.17, 15) is 31.2 Å². The molecule has 41 heavy (non-hydrogen) atoms. The zero-order valence-electron chi connectivity index (χ0n) is 22.5. The summed E-state index contributed by atoms with van der Waals surface area (Å²) in [6.07, 6.45) is -1.06. The lowest BCUT2D eigenvalue weighted by atomic mass is 10.1. The predicted octanol–water partition coefficient (Wildman–Crippen LogP) is 5.38. The number of benzene rings is 3. The number of carbonyl (C=O) groups excluding carboxylic acids is 2. The van der Waals surface area contributed by atoms with Gasteiger partial charge in [0.2, 0.25) is 11.8 Å². The van der Waals surface area contributed by atoms with E-state index >= 15 is 0 Å². The number of rotatable bonds is 10. The summed E-state index contributed by atoms with van der Waals surface area (Å²) in [5.74, 6) is -1.11. The molecule has 218 valence electrons. The first-order valence-electron chi connectivity index (χ1n) is 13.4. The first kappa shape index (κ1) is 30.1. The van der Waals surface area contributed by atoms with Crippen molar-refractivity contribution in [1.82, 2.24) is 10.2 Å². The molecule has 1 fully saturated rings. The molecule has 4 rings (SSSR count). The minimum Gasteiger partial charge on any atom is -0.352 e. The smallest absolute Gasteiger partial charge is 0.352 e. The maximum absolute atomic E-state index is 13.9. The van der Waals surface area contributed by atoms with E-state index in [0.717, 1.165) is 37.8 Å². The van der Waals surface area contributed by atoms with Gasteiger partial charge in [-0.25, -0.2) is 8.42 Å². The van der Waals surface area contributed by atoms with Gasteiger partial charge in [-0.2, -0.15) is 13.2 Å². The minimum absolute atomic E-state index is 0.000736. The summed E-state index contributed by atoms with van der Waals surface area (Å²) in [5.41, 5.74) is -0.668. The molecule has 1 aliphatic rings. The average molecular weight is 588 g/mol. The first-order chi connectivity index (χ1) is 19.5. The van der Waals surface area contributed by atoms with Crippen molar-refractivity contribution in [2.75, 3.05) is 10.8 Å². The van der Waals surface area contributed by atoms with Gasteiger partial charge in [-0.15, -0.1) is 0 Å². The molecule has 0 saturated heterocycles. The Labute approximate surface area is 238 Å². The molecular formula is C30H32F3N3O4S. The van der Waals surface area contributed by atoms with Gasteiger partial charge in [0.15, 0.2) is 0 Å². The van der Waals surface area contributed by atoms with Crippen molar-refractivity contribution in [3.8, 4) is 0 Å². The van der Waals surface area contributed by atoms with E-state index in [4.69, 9.17) is 0 Å². The number of nitrogens with zero attached hydrogens (tertiary/aromatic N) is 2. The highest BCUT2D eigenvalue weighted by atomic mass is 32.2. The number of nitrogens with one attached hydrogen (secondary N) is 1. The highest BCUT2D eigenvalue weighted by molar-refractivity contribution is 7.92. The van der Waals surface area contributed by atoms with Crippen LogP contribution in [0.1, 0.15) is 43.7 Å². The second kappa shape index (κ2) is 12.8. The molecule has 7 nitrogen and oxygen atoms in total. The number of alkyl halides is 3. The monoisotopic (exact) mass is 587 g/mol. The number of amides is 2. The van der Waals surface area contributed by atoms with Crippen molar-refractivity contribution in [1.29, 1.82) is 0 Å². The van der Waals surface area contributed by atoms with Crippen LogP contribution in [0.2, 0.25) is 0 Å². The third-order valence-electron chi connectivity index (χ3n) is 7.14. The summed E-state index contributed by atoms with van der Waals surface area (Å²) >= 11 is 0. The quantitative estimate of drug-likeness (QED) is 0.345. The summed E-state index contributed by atoms with van der Waals surface area (Å²) in [5, 5.41) is 2.98. The minimum atomic E-state index is -4.73. The number of hydrogen-bond donors (Lipinski definition) is 1. The van der Waals surface area contributed by atoms with E-state index in [2.05, 4.69) is 5.32 Å². The van der Waals surface area contributed by atoms with Crippen LogP contribution in [0.4, 0.5) is 18.9 Å². The Morgan fingerprint density at radius 2 is 1.54 bits per heavy atom. The molecule has 1 aliphatic carbocycles. The van der Waals surface area contributed by atoms with Gasteiger partial charge in [-0.1, -0.05) is 67.4 Å². The molecule has 1 unspecified atom stereocenters. The summed E-state index contributed by atoms with van der Waals surface area (Å²) < 4.78 is 68.8. The number of sulfonamides is 1. The van der Waals surface area contributed by atoms with Crippen LogP contribution in [-0.2, 0) is 32.3 Å².